The summed E-state index contributed by atoms with van der Waals surface area (Å²) in [5.74, 6) is -2.16. The molecule has 170 valence electrons. The first-order chi connectivity index (χ1) is 15.8. The van der Waals surface area contributed by atoms with Gasteiger partial charge in [0.05, 0.1) is 6.04 Å². The number of piperidine rings is 1. The summed E-state index contributed by atoms with van der Waals surface area (Å²) in [6, 6.07) is 15.7. The number of rotatable bonds is 5. The molecule has 2 N–H and O–H groups in total. The zero-order valence-corrected chi connectivity index (χ0v) is 17.4. The Hall–Kier alpha value is -3.75. The van der Waals surface area contributed by atoms with Gasteiger partial charge in [-0.2, -0.15) is 13.2 Å². The lowest BCUT2D eigenvalue weighted by molar-refractivity contribution is -0.171. The number of benzene rings is 2. The molecule has 33 heavy (non-hydrogen) atoms. The van der Waals surface area contributed by atoms with E-state index in [1.165, 1.54) is 0 Å². The summed E-state index contributed by atoms with van der Waals surface area (Å²) in [5.41, 5.74) is 2.32. The van der Waals surface area contributed by atoms with Gasteiger partial charge in [0.25, 0.3) is 0 Å². The van der Waals surface area contributed by atoms with Gasteiger partial charge in [-0.25, -0.2) is 9.97 Å². The molecule has 1 aliphatic heterocycles. The predicted octanol–water partition coefficient (Wildman–Crippen LogP) is 3.81. The molecule has 2 amide bonds. The lowest BCUT2D eigenvalue weighted by atomic mass is 9.91. The minimum atomic E-state index is -4.53. The third-order valence-corrected chi connectivity index (χ3v) is 5.58. The van der Waals surface area contributed by atoms with E-state index in [4.69, 9.17) is 0 Å². The second-order valence-corrected chi connectivity index (χ2v) is 7.78. The van der Waals surface area contributed by atoms with Crippen molar-refractivity contribution < 1.29 is 22.8 Å². The van der Waals surface area contributed by atoms with Crippen LogP contribution < -0.4 is 10.6 Å². The van der Waals surface area contributed by atoms with Crippen molar-refractivity contribution in [2.45, 2.75) is 31.1 Å². The van der Waals surface area contributed by atoms with Crippen LogP contribution in [0.5, 0.6) is 0 Å². The van der Waals surface area contributed by atoms with Crippen molar-refractivity contribution in [3.8, 4) is 11.4 Å². The summed E-state index contributed by atoms with van der Waals surface area (Å²) >= 11 is 0. The van der Waals surface area contributed by atoms with Crippen molar-refractivity contribution in [3.63, 3.8) is 0 Å². The molecule has 0 aliphatic carbocycles. The van der Waals surface area contributed by atoms with Crippen LogP contribution in [0, 0.1) is 5.92 Å². The molecule has 2 aromatic carbocycles. The quantitative estimate of drug-likeness (QED) is 0.575. The van der Waals surface area contributed by atoms with E-state index in [1.807, 2.05) is 59.9 Å². The van der Waals surface area contributed by atoms with Crippen LogP contribution in [0.15, 0.2) is 73.1 Å². The maximum atomic E-state index is 12.9. The Bertz CT molecular complexity index is 1110. The minimum absolute atomic E-state index is 0.173. The van der Waals surface area contributed by atoms with Crippen LogP contribution in [-0.2, 0) is 9.59 Å². The molecule has 6 nitrogen and oxygen atoms in total. The van der Waals surface area contributed by atoms with Crippen LogP contribution in [0.1, 0.15) is 30.0 Å². The highest BCUT2D eigenvalue weighted by Crippen LogP contribution is 2.30. The summed E-state index contributed by atoms with van der Waals surface area (Å²) in [6.45, 7) is 0. The van der Waals surface area contributed by atoms with E-state index in [2.05, 4.69) is 15.3 Å². The highest BCUT2D eigenvalue weighted by atomic mass is 19.4. The highest BCUT2D eigenvalue weighted by Gasteiger charge is 2.46. The van der Waals surface area contributed by atoms with E-state index in [0.717, 1.165) is 16.7 Å². The largest absolute Gasteiger partial charge is 0.408 e. The molecule has 4 rings (SSSR count). The number of hydrogen-bond acceptors (Lipinski definition) is 4. The first kappa shape index (κ1) is 22.4. The second-order valence-electron chi connectivity index (χ2n) is 7.78. The van der Waals surface area contributed by atoms with Crippen molar-refractivity contribution in [1.82, 2.24) is 20.6 Å². The lowest BCUT2D eigenvalue weighted by Gasteiger charge is -2.31. The molecule has 0 bridgehead atoms. The number of halogens is 3. The highest BCUT2D eigenvalue weighted by molar-refractivity contribution is 6.01. The van der Waals surface area contributed by atoms with Crippen molar-refractivity contribution in [2.24, 2.45) is 5.92 Å². The van der Waals surface area contributed by atoms with E-state index in [9.17, 15) is 22.8 Å². The zero-order chi connectivity index (χ0) is 23.4. The fourth-order valence-electron chi connectivity index (χ4n) is 3.82. The Kier molecular flexibility index (Phi) is 6.39. The van der Waals surface area contributed by atoms with Gasteiger partial charge in [0.1, 0.15) is 12.0 Å². The van der Waals surface area contributed by atoms with Gasteiger partial charge in [-0.05, 0) is 30.0 Å². The number of carbonyl (C=O) groups is 2. The number of nitrogens with zero attached hydrogens (tertiary/aromatic N) is 2. The molecule has 3 atom stereocenters. The number of hydrogen-bond donors (Lipinski definition) is 2. The number of nitrogens with one attached hydrogen (secondary N) is 2. The van der Waals surface area contributed by atoms with Crippen molar-refractivity contribution in [3.05, 3.63) is 84.2 Å². The number of carbonyl (C=O) groups excluding carboxylic acids is 2. The van der Waals surface area contributed by atoms with Crippen molar-refractivity contribution in [2.75, 3.05) is 0 Å². The van der Waals surface area contributed by atoms with Gasteiger partial charge in [-0.1, -0.05) is 54.6 Å². The van der Waals surface area contributed by atoms with Crippen LogP contribution >= 0.6 is 0 Å². The average molecular weight is 454 g/mol. The SMILES string of the molecule is O=C(NC(c1ccccc1)c1ccc(-c2ncccn2)cc1)C1CCC(C(F)(F)F)NC1=O. The lowest BCUT2D eigenvalue weighted by Crippen LogP contribution is -2.54. The molecular weight excluding hydrogens is 433 g/mol. The maximum absolute atomic E-state index is 12.9. The average Bonchev–Trinajstić information content (AvgIpc) is 2.83. The molecule has 1 fully saturated rings. The van der Waals surface area contributed by atoms with Crippen LogP contribution in [0.25, 0.3) is 11.4 Å². The van der Waals surface area contributed by atoms with Gasteiger partial charge in [-0.15, -0.1) is 0 Å². The summed E-state index contributed by atoms with van der Waals surface area (Å²) in [7, 11) is 0. The zero-order valence-electron chi connectivity index (χ0n) is 17.4. The Labute approximate surface area is 188 Å². The first-order valence-corrected chi connectivity index (χ1v) is 10.4. The Morgan fingerprint density at radius 1 is 0.939 bits per heavy atom. The molecule has 0 saturated carbocycles. The van der Waals surface area contributed by atoms with Crippen molar-refractivity contribution in [1.29, 1.82) is 0 Å². The summed E-state index contributed by atoms with van der Waals surface area (Å²) < 4.78 is 38.8. The maximum Gasteiger partial charge on any atom is 0.408 e. The predicted molar refractivity (Wildman–Crippen MR) is 115 cm³/mol. The molecule has 1 saturated heterocycles. The molecule has 1 aliphatic rings. The topological polar surface area (TPSA) is 84.0 Å². The second kappa shape index (κ2) is 9.40. The minimum Gasteiger partial charge on any atom is -0.344 e. The first-order valence-electron chi connectivity index (χ1n) is 10.4. The molecule has 1 aromatic heterocycles. The molecule has 0 radical (unpaired) electrons. The third-order valence-electron chi connectivity index (χ3n) is 5.58. The number of amides is 2. The van der Waals surface area contributed by atoms with Gasteiger partial charge >= 0.3 is 6.18 Å². The molecular formula is C24H21F3N4O2. The van der Waals surface area contributed by atoms with Crippen LogP contribution in [0.3, 0.4) is 0 Å². The fraction of sp³-hybridized carbons (Fsp3) is 0.250. The van der Waals surface area contributed by atoms with E-state index in [-0.39, 0.29) is 12.8 Å². The van der Waals surface area contributed by atoms with Crippen LogP contribution in [-0.4, -0.2) is 34.0 Å². The standard InChI is InChI=1S/C24H21F3N4O2/c25-24(26,27)19-12-11-18(22(32)30-19)23(33)31-20(15-5-2-1-3-6-15)16-7-9-17(10-8-16)21-28-13-4-14-29-21/h1-10,13-14,18-20H,11-12H2,(H,30,32)(H,31,33). The Balaban J connectivity index is 1.55. The molecule has 0 spiro atoms. The van der Waals surface area contributed by atoms with Crippen LogP contribution in [0.2, 0.25) is 0 Å². The van der Waals surface area contributed by atoms with E-state index < -0.39 is 36.0 Å². The number of aromatic nitrogens is 2. The Morgan fingerprint density at radius 3 is 2.18 bits per heavy atom. The van der Waals surface area contributed by atoms with E-state index in [0.29, 0.717) is 5.82 Å². The van der Waals surface area contributed by atoms with Crippen molar-refractivity contribution >= 4 is 11.8 Å². The monoisotopic (exact) mass is 454 g/mol. The van der Waals surface area contributed by atoms with E-state index in [1.54, 1.807) is 18.5 Å². The smallest absolute Gasteiger partial charge is 0.344 e. The molecule has 3 aromatic rings. The molecule has 2 heterocycles. The van der Waals surface area contributed by atoms with Gasteiger partial charge in [0, 0.05) is 18.0 Å². The van der Waals surface area contributed by atoms with Gasteiger partial charge < -0.3 is 10.6 Å². The summed E-state index contributed by atoms with van der Waals surface area (Å²) in [4.78, 5) is 33.6. The normalized spacial score (nSPS) is 19.4. The Morgan fingerprint density at radius 2 is 1.58 bits per heavy atom. The summed E-state index contributed by atoms with van der Waals surface area (Å²) in [6.07, 6.45) is -1.76. The number of alkyl halides is 3. The van der Waals surface area contributed by atoms with E-state index >= 15 is 0 Å². The van der Waals surface area contributed by atoms with Gasteiger partial charge in [-0.3, -0.25) is 9.59 Å². The fourth-order valence-corrected chi connectivity index (χ4v) is 3.82. The van der Waals surface area contributed by atoms with Gasteiger partial charge in [0.2, 0.25) is 11.8 Å². The van der Waals surface area contributed by atoms with Gasteiger partial charge in [0.15, 0.2) is 5.82 Å². The third kappa shape index (κ3) is 5.19. The molecule has 9 heteroatoms. The summed E-state index contributed by atoms with van der Waals surface area (Å²) in [5, 5.41) is 4.78. The van der Waals surface area contributed by atoms with Crippen LogP contribution in [0.4, 0.5) is 13.2 Å². The molecule has 3 unspecified atom stereocenters.